The predicted molar refractivity (Wildman–Crippen MR) is 129 cm³/mol. The van der Waals surface area contributed by atoms with E-state index in [4.69, 9.17) is 16.1 Å². The van der Waals surface area contributed by atoms with Crippen LogP contribution in [0.4, 0.5) is 5.69 Å². The lowest BCUT2D eigenvalue weighted by molar-refractivity contribution is -0.116. The van der Waals surface area contributed by atoms with Crippen LogP contribution in [0.1, 0.15) is 29.3 Å². The van der Waals surface area contributed by atoms with E-state index in [9.17, 15) is 4.79 Å². The van der Waals surface area contributed by atoms with Gasteiger partial charge < -0.3 is 9.84 Å². The number of rotatable bonds is 8. The largest absolute Gasteiger partial charge is 0.339 e. The first-order valence-corrected chi connectivity index (χ1v) is 12.2. The molecule has 0 aliphatic rings. The molecule has 0 aliphatic carbocycles. The molecule has 164 valence electrons. The maximum atomic E-state index is 12.3. The minimum absolute atomic E-state index is 0.0750. The second kappa shape index (κ2) is 10.3. The van der Waals surface area contributed by atoms with Crippen LogP contribution in [-0.2, 0) is 17.0 Å². The molecule has 0 unspecified atom stereocenters. The molecule has 0 aliphatic heterocycles. The Kier molecular flexibility index (Phi) is 7.24. The molecule has 0 saturated carbocycles. The summed E-state index contributed by atoms with van der Waals surface area (Å²) in [7, 11) is 0. The number of halogens is 1. The Balaban J connectivity index is 1.27. The second-order valence-corrected chi connectivity index (χ2v) is 9.73. The summed E-state index contributed by atoms with van der Waals surface area (Å²) >= 11 is 9.07. The van der Waals surface area contributed by atoms with Gasteiger partial charge in [-0.3, -0.25) is 4.79 Å². The van der Waals surface area contributed by atoms with Gasteiger partial charge in [-0.2, -0.15) is 4.98 Å². The summed E-state index contributed by atoms with van der Waals surface area (Å²) < 4.78 is 6.23. The molecule has 4 aromatic rings. The number of nitrogens with one attached hydrogen (secondary N) is 1. The smallest absolute Gasteiger partial charge is 0.227 e. The van der Waals surface area contributed by atoms with Crippen LogP contribution in [0.5, 0.6) is 0 Å². The number of anilines is 1. The average molecular weight is 485 g/mol. The van der Waals surface area contributed by atoms with Gasteiger partial charge in [0.05, 0.1) is 11.4 Å². The number of amides is 1. The van der Waals surface area contributed by atoms with Gasteiger partial charge in [0.1, 0.15) is 0 Å². The molecule has 2 aromatic heterocycles. The number of aryl methyl sites for hydroxylation is 3. The van der Waals surface area contributed by atoms with E-state index in [2.05, 4.69) is 20.4 Å². The molecule has 0 bridgehead atoms. The molecule has 0 spiro atoms. The van der Waals surface area contributed by atoms with Crippen LogP contribution < -0.4 is 5.32 Å². The summed E-state index contributed by atoms with van der Waals surface area (Å²) in [4.78, 5) is 21.4. The number of hydrogen-bond acceptors (Lipinski definition) is 7. The third kappa shape index (κ3) is 5.76. The SMILES string of the molecule is Cc1cccc(C)c1NC(=O)CCc1nc(CSc2nc(-c3ccc(Cl)cc3)cs2)no1. The van der Waals surface area contributed by atoms with Gasteiger partial charge in [0.25, 0.3) is 0 Å². The molecule has 0 fully saturated rings. The highest BCUT2D eigenvalue weighted by Gasteiger charge is 2.13. The molecule has 4 rings (SSSR count). The topological polar surface area (TPSA) is 80.9 Å². The van der Waals surface area contributed by atoms with Crippen molar-refractivity contribution in [2.75, 3.05) is 5.32 Å². The molecule has 32 heavy (non-hydrogen) atoms. The van der Waals surface area contributed by atoms with Crippen molar-refractivity contribution < 1.29 is 9.32 Å². The molecule has 2 aromatic carbocycles. The highest BCUT2D eigenvalue weighted by Crippen LogP contribution is 2.30. The summed E-state index contributed by atoms with van der Waals surface area (Å²) in [6, 6.07) is 13.5. The van der Waals surface area contributed by atoms with Crippen LogP contribution in [-0.4, -0.2) is 21.0 Å². The van der Waals surface area contributed by atoms with Gasteiger partial charge in [-0.1, -0.05) is 58.9 Å². The van der Waals surface area contributed by atoms with Gasteiger partial charge in [0, 0.05) is 34.5 Å². The van der Waals surface area contributed by atoms with Gasteiger partial charge in [-0.25, -0.2) is 4.98 Å². The van der Waals surface area contributed by atoms with Crippen LogP contribution in [0.25, 0.3) is 11.3 Å². The number of carbonyl (C=O) groups is 1. The van der Waals surface area contributed by atoms with Gasteiger partial charge >= 0.3 is 0 Å². The Morgan fingerprint density at radius 1 is 1.12 bits per heavy atom. The molecule has 0 saturated heterocycles. The average Bonchev–Trinajstić information content (AvgIpc) is 3.44. The fourth-order valence-corrected chi connectivity index (χ4v) is 4.89. The van der Waals surface area contributed by atoms with Crippen molar-refractivity contribution in [1.29, 1.82) is 0 Å². The van der Waals surface area contributed by atoms with E-state index in [1.807, 2.05) is 61.7 Å². The van der Waals surface area contributed by atoms with Crippen LogP contribution in [0.15, 0.2) is 56.7 Å². The lowest BCUT2D eigenvalue weighted by Gasteiger charge is -2.10. The molecule has 1 amide bonds. The fraction of sp³-hybridized carbons (Fsp3) is 0.217. The second-order valence-electron chi connectivity index (χ2n) is 7.21. The number of carbonyl (C=O) groups excluding carboxylic acids is 1. The van der Waals surface area contributed by atoms with Crippen LogP contribution in [0.3, 0.4) is 0 Å². The number of nitrogens with zero attached hydrogens (tertiary/aromatic N) is 3. The van der Waals surface area contributed by atoms with Crippen molar-refractivity contribution in [1.82, 2.24) is 15.1 Å². The highest BCUT2D eigenvalue weighted by molar-refractivity contribution is 8.00. The van der Waals surface area contributed by atoms with E-state index in [0.717, 1.165) is 32.4 Å². The summed E-state index contributed by atoms with van der Waals surface area (Å²) in [5.74, 6) is 1.52. The standard InChI is InChI=1S/C23H21ClN4O2S2/c1-14-4-3-5-15(2)22(14)27-20(29)10-11-21-26-19(28-30-21)13-32-23-25-18(12-31-23)16-6-8-17(24)9-7-16/h3-9,12H,10-11,13H2,1-2H3,(H,27,29). The zero-order valence-electron chi connectivity index (χ0n) is 17.6. The lowest BCUT2D eigenvalue weighted by Crippen LogP contribution is -2.14. The maximum absolute atomic E-state index is 12.3. The number of thioether (sulfide) groups is 1. The van der Waals surface area contributed by atoms with Gasteiger partial charge in [-0.05, 0) is 37.1 Å². The molecular weight excluding hydrogens is 464 g/mol. The van der Waals surface area contributed by atoms with Crippen molar-refractivity contribution in [3.63, 3.8) is 0 Å². The van der Waals surface area contributed by atoms with Crippen molar-refractivity contribution in [3.05, 3.63) is 75.7 Å². The normalized spacial score (nSPS) is 11.0. The van der Waals surface area contributed by atoms with Gasteiger partial charge in [-0.15, -0.1) is 11.3 Å². The third-order valence-corrected chi connectivity index (χ3v) is 7.04. The summed E-state index contributed by atoms with van der Waals surface area (Å²) in [6.45, 7) is 3.96. The van der Waals surface area contributed by atoms with E-state index in [1.165, 1.54) is 0 Å². The first-order chi connectivity index (χ1) is 15.5. The number of hydrogen-bond donors (Lipinski definition) is 1. The van der Waals surface area contributed by atoms with Crippen molar-refractivity contribution in [3.8, 4) is 11.3 Å². The maximum Gasteiger partial charge on any atom is 0.227 e. The zero-order chi connectivity index (χ0) is 22.5. The summed E-state index contributed by atoms with van der Waals surface area (Å²) in [6.07, 6.45) is 0.672. The first-order valence-electron chi connectivity index (χ1n) is 10.00. The Morgan fingerprint density at radius 3 is 2.62 bits per heavy atom. The van der Waals surface area contributed by atoms with Crippen molar-refractivity contribution >= 4 is 46.3 Å². The van der Waals surface area contributed by atoms with Gasteiger partial charge in [0.2, 0.25) is 11.8 Å². The highest BCUT2D eigenvalue weighted by atomic mass is 35.5. The number of thiazole rings is 1. The zero-order valence-corrected chi connectivity index (χ0v) is 20.0. The Hall–Kier alpha value is -2.68. The Bertz CT molecular complexity index is 1200. The molecule has 6 nitrogen and oxygen atoms in total. The monoisotopic (exact) mass is 484 g/mol. The van der Waals surface area contributed by atoms with Crippen LogP contribution >= 0.6 is 34.7 Å². The van der Waals surface area contributed by atoms with E-state index < -0.39 is 0 Å². The lowest BCUT2D eigenvalue weighted by atomic mass is 10.1. The minimum atomic E-state index is -0.0750. The minimum Gasteiger partial charge on any atom is -0.339 e. The van der Waals surface area contributed by atoms with Crippen LogP contribution in [0, 0.1) is 13.8 Å². The number of benzene rings is 2. The van der Waals surface area contributed by atoms with Crippen LogP contribution in [0.2, 0.25) is 5.02 Å². The van der Waals surface area contributed by atoms with E-state index in [-0.39, 0.29) is 12.3 Å². The molecular formula is C23H21ClN4O2S2. The molecule has 9 heteroatoms. The predicted octanol–water partition coefficient (Wildman–Crippen LogP) is 6.33. The quantitative estimate of drug-likeness (QED) is 0.294. The fourth-order valence-electron chi connectivity index (χ4n) is 3.09. The van der Waals surface area contributed by atoms with Crippen molar-refractivity contribution in [2.24, 2.45) is 0 Å². The summed E-state index contributed by atoms with van der Waals surface area (Å²) in [5.41, 5.74) is 4.88. The first kappa shape index (κ1) is 22.5. The summed E-state index contributed by atoms with van der Waals surface area (Å²) in [5, 5.41) is 9.71. The van der Waals surface area contributed by atoms with Crippen molar-refractivity contribution in [2.45, 2.75) is 36.8 Å². The van der Waals surface area contributed by atoms with E-state index in [1.54, 1.807) is 23.1 Å². The molecule has 1 N–H and O–H groups in total. The number of aromatic nitrogens is 3. The third-order valence-electron chi connectivity index (χ3n) is 4.77. The molecule has 0 atom stereocenters. The Morgan fingerprint density at radius 2 is 1.88 bits per heavy atom. The van der Waals surface area contributed by atoms with Gasteiger partial charge in [0.15, 0.2) is 10.2 Å². The van der Waals surface area contributed by atoms with E-state index >= 15 is 0 Å². The Labute approximate surface area is 199 Å². The van der Waals surface area contributed by atoms with E-state index in [0.29, 0.717) is 28.9 Å². The molecule has 2 heterocycles. The molecule has 0 radical (unpaired) electrons. The number of para-hydroxylation sites is 1.